The Morgan fingerprint density at radius 3 is 3.00 bits per heavy atom. The fraction of sp³-hybridized carbons (Fsp3) is 0.750. The molecule has 2 aliphatic rings. The van der Waals surface area contributed by atoms with Gasteiger partial charge in [-0.15, -0.1) is 11.3 Å². The molecule has 21 heavy (non-hydrogen) atoms. The molecule has 0 N–H and O–H groups in total. The van der Waals surface area contributed by atoms with Crippen LogP contribution in [0.3, 0.4) is 0 Å². The molecule has 2 atom stereocenters. The maximum Gasteiger partial charge on any atom is 0.232 e. The molecule has 2 aliphatic heterocycles. The van der Waals surface area contributed by atoms with E-state index in [0.29, 0.717) is 11.9 Å². The number of β-lactam (4-membered cyclic amide) rings is 1. The third-order valence-corrected chi connectivity index (χ3v) is 5.77. The number of likely N-dealkylation sites (tertiary alicyclic amines) is 2. The van der Waals surface area contributed by atoms with Gasteiger partial charge in [-0.1, -0.05) is 13.3 Å². The van der Waals surface area contributed by atoms with Crippen LogP contribution in [-0.4, -0.2) is 46.4 Å². The lowest BCUT2D eigenvalue weighted by Gasteiger charge is -2.54. The zero-order valence-corrected chi connectivity index (χ0v) is 13.9. The zero-order valence-electron chi connectivity index (χ0n) is 13.0. The highest BCUT2D eigenvalue weighted by Crippen LogP contribution is 2.41. The summed E-state index contributed by atoms with van der Waals surface area (Å²) in [4.78, 5) is 22.5. The summed E-state index contributed by atoms with van der Waals surface area (Å²) in [5.74, 6) is 0.365. The molecular formula is C16H25N3OS. The van der Waals surface area contributed by atoms with E-state index >= 15 is 0 Å². The Morgan fingerprint density at radius 2 is 2.33 bits per heavy atom. The molecule has 4 nitrogen and oxygen atoms in total. The first-order valence-corrected chi connectivity index (χ1v) is 8.93. The van der Waals surface area contributed by atoms with Gasteiger partial charge >= 0.3 is 0 Å². The summed E-state index contributed by atoms with van der Waals surface area (Å²) in [6, 6.07) is 0.607. The smallest absolute Gasteiger partial charge is 0.232 e. The summed E-state index contributed by atoms with van der Waals surface area (Å²) < 4.78 is 0. The molecule has 1 aromatic heterocycles. The summed E-state index contributed by atoms with van der Waals surface area (Å²) in [5, 5.41) is 0. The Balaban J connectivity index is 1.60. The van der Waals surface area contributed by atoms with E-state index in [4.69, 9.17) is 0 Å². The minimum absolute atomic E-state index is 0.0784. The number of aromatic nitrogens is 1. The predicted octanol–water partition coefficient (Wildman–Crippen LogP) is 2.76. The highest BCUT2D eigenvalue weighted by atomic mass is 32.1. The molecule has 0 unspecified atom stereocenters. The van der Waals surface area contributed by atoms with Crippen molar-refractivity contribution in [3.63, 3.8) is 0 Å². The van der Waals surface area contributed by atoms with E-state index in [0.717, 1.165) is 39.0 Å². The van der Waals surface area contributed by atoms with Crippen LogP contribution < -0.4 is 0 Å². The first kappa shape index (κ1) is 15.0. The third kappa shape index (κ3) is 2.86. The number of hydrogen-bond donors (Lipinski definition) is 0. The van der Waals surface area contributed by atoms with E-state index in [2.05, 4.69) is 23.7 Å². The average Bonchev–Trinajstić information content (AvgIpc) is 3.00. The molecule has 0 aliphatic carbocycles. The van der Waals surface area contributed by atoms with Gasteiger partial charge in [0.1, 0.15) is 0 Å². The summed E-state index contributed by atoms with van der Waals surface area (Å²) in [6.07, 6.45) is 6.55. The van der Waals surface area contributed by atoms with Gasteiger partial charge in [0.2, 0.25) is 5.91 Å². The van der Waals surface area contributed by atoms with Crippen LogP contribution in [0.5, 0.6) is 0 Å². The number of carbonyl (C=O) groups excluding carboxylic acids is 1. The Morgan fingerprint density at radius 1 is 1.48 bits per heavy atom. The number of amides is 1. The average molecular weight is 307 g/mol. The van der Waals surface area contributed by atoms with Crippen molar-refractivity contribution < 1.29 is 4.79 Å². The highest BCUT2D eigenvalue weighted by molar-refractivity contribution is 7.09. The Bertz CT molecular complexity index is 490. The van der Waals surface area contributed by atoms with E-state index in [1.54, 1.807) is 11.3 Å². The van der Waals surface area contributed by atoms with Crippen LogP contribution in [0.25, 0.3) is 0 Å². The predicted molar refractivity (Wildman–Crippen MR) is 85.1 cm³/mol. The maximum absolute atomic E-state index is 12.7. The van der Waals surface area contributed by atoms with Gasteiger partial charge in [0, 0.05) is 30.2 Å². The molecule has 1 aromatic rings. The molecule has 2 fully saturated rings. The van der Waals surface area contributed by atoms with Crippen LogP contribution in [0.4, 0.5) is 0 Å². The van der Waals surface area contributed by atoms with E-state index < -0.39 is 0 Å². The van der Waals surface area contributed by atoms with Crippen LogP contribution in [0.1, 0.15) is 44.4 Å². The second-order valence-corrected chi connectivity index (χ2v) is 7.59. The monoisotopic (exact) mass is 307 g/mol. The number of rotatable bonds is 5. The molecule has 1 amide bonds. The second-order valence-electron chi connectivity index (χ2n) is 6.62. The fourth-order valence-electron chi connectivity index (χ4n) is 3.83. The summed E-state index contributed by atoms with van der Waals surface area (Å²) in [6.45, 7) is 8.34. The van der Waals surface area contributed by atoms with E-state index in [-0.39, 0.29) is 5.41 Å². The number of carbonyl (C=O) groups is 1. The number of nitrogens with zero attached hydrogens (tertiary/aromatic N) is 3. The van der Waals surface area contributed by atoms with Gasteiger partial charge in [-0.05, 0) is 32.7 Å². The molecule has 1 spiro atoms. The van der Waals surface area contributed by atoms with Crippen molar-refractivity contribution in [2.24, 2.45) is 5.41 Å². The van der Waals surface area contributed by atoms with Crippen LogP contribution in [0.15, 0.2) is 11.7 Å². The Labute approximate surface area is 131 Å². The van der Waals surface area contributed by atoms with Crippen LogP contribution in [0.2, 0.25) is 0 Å². The number of piperidine rings is 1. The number of thiazole rings is 1. The summed E-state index contributed by atoms with van der Waals surface area (Å²) in [7, 11) is 0. The lowest BCUT2D eigenvalue weighted by molar-refractivity contribution is -0.168. The maximum atomic E-state index is 12.7. The molecule has 3 rings (SSSR count). The van der Waals surface area contributed by atoms with Crippen molar-refractivity contribution in [2.45, 2.75) is 52.1 Å². The van der Waals surface area contributed by atoms with E-state index in [9.17, 15) is 4.79 Å². The van der Waals surface area contributed by atoms with Gasteiger partial charge < -0.3 is 4.90 Å². The third-order valence-electron chi connectivity index (χ3n) is 5.00. The van der Waals surface area contributed by atoms with E-state index in [1.807, 2.05) is 16.6 Å². The van der Waals surface area contributed by atoms with Crippen molar-refractivity contribution in [1.29, 1.82) is 0 Å². The normalized spacial score (nSPS) is 27.9. The largest absolute Gasteiger partial charge is 0.336 e. The molecule has 0 radical (unpaired) electrons. The number of hydrogen-bond acceptors (Lipinski definition) is 4. The minimum atomic E-state index is -0.0784. The van der Waals surface area contributed by atoms with Crippen LogP contribution in [-0.2, 0) is 11.3 Å². The molecule has 3 heterocycles. The van der Waals surface area contributed by atoms with Gasteiger partial charge in [0.25, 0.3) is 0 Å². The molecular weight excluding hydrogens is 282 g/mol. The van der Waals surface area contributed by atoms with Crippen molar-refractivity contribution in [3.8, 4) is 0 Å². The molecule has 2 saturated heterocycles. The lowest BCUT2D eigenvalue weighted by atomic mass is 9.72. The fourth-order valence-corrected chi connectivity index (χ4v) is 4.44. The van der Waals surface area contributed by atoms with Crippen molar-refractivity contribution in [3.05, 3.63) is 16.6 Å². The SMILES string of the molecule is CCC[C@H](C)N1CCC[C@]2(CN(Cc3cncs3)C2=O)C1. The topological polar surface area (TPSA) is 36.4 Å². The molecule has 116 valence electrons. The zero-order chi connectivity index (χ0) is 14.9. The quantitative estimate of drug-likeness (QED) is 0.785. The van der Waals surface area contributed by atoms with Crippen molar-refractivity contribution >= 4 is 17.2 Å². The minimum Gasteiger partial charge on any atom is -0.336 e. The van der Waals surface area contributed by atoms with Crippen LogP contribution >= 0.6 is 11.3 Å². The Kier molecular flexibility index (Phi) is 4.31. The van der Waals surface area contributed by atoms with Gasteiger partial charge in [0.05, 0.1) is 17.5 Å². The summed E-state index contributed by atoms with van der Waals surface area (Å²) in [5.41, 5.74) is 1.76. The highest BCUT2D eigenvalue weighted by Gasteiger charge is 2.53. The van der Waals surface area contributed by atoms with Gasteiger partial charge in [-0.2, -0.15) is 0 Å². The summed E-state index contributed by atoms with van der Waals surface area (Å²) >= 11 is 1.63. The first-order chi connectivity index (χ1) is 10.1. The van der Waals surface area contributed by atoms with Gasteiger partial charge in [-0.3, -0.25) is 14.7 Å². The molecule has 0 aromatic carbocycles. The standard InChI is InChI=1S/C16H25N3OS/c1-3-5-13(2)18-7-4-6-16(10-18)11-19(15(16)20)9-14-8-17-12-21-14/h8,12-13H,3-7,9-11H2,1-2H3/t13-,16+/m0/s1. The van der Waals surface area contributed by atoms with Crippen molar-refractivity contribution in [2.75, 3.05) is 19.6 Å². The molecule has 0 saturated carbocycles. The molecule has 5 heteroatoms. The Hall–Kier alpha value is -0.940. The van der Waals surface area contributed by atoms with Gasteiger partial charge in [0.15, 0.2) is 0 Å². The van der Waals surface area contributed by atoms with Crippen molar-refractivity contribution in [1.82, 2.24) is 14.8 Å². The van der Waals surface area contributed by atoms with Crippen LogP contribution in [0, 0.1) is 5.41 Å². The first-order valence-electron chi connectivity index (χ1n) is 8.05. The molecule has 0 bridgehead atoms. The lowest BCUT2D eigenvalue weighted by Crippen LogP contribution is -2.67. The second kappa shape index (κ2) is 6.05. The van der Waals surface area contributed by atoms with Gasteiger partial charge in [-0.25, -0.2) is 0 Å². The van der Waals surface area contributed by atoms with E-state index in [1.165, 1.54) is 17.7 Å².